The van der Waals surface area contributed by atoms with Crippen LogP contribution < -0.4 is 57.7 Å². The van der Waals surface area contributed by atoms with Gasteiger partial charge < -0.3 is 157 Å². The van der Waals surface area contributed by atoms with Crippen molar-refractivity contribution in [2.24, 2.45) is 0 Å². The molecule has 714 valence electrons. The van der Waals surface area contributed by atoms with E-state index in [0.29, 0.717) is 79.3 Å². The molecule has 0 bridgehead atoms. The smallest absolute Gasteiger partial charge is 0.407 e. The standard InChI is InChI=1S/C79H148N14O30/c1-76(2,3)120-72(99)85-24-20-80-64(94)15-32-104-40-48-112-56-60-116-52-44-108-36-28-92(29-37-109-45-53-117-61-57-113-49-41-105-33-16-65(95)81-21-25-86-73(100)121-77(4,5)6)70-89-69(84-19-14-68(98)103-13)90-71(91-70)93(30-38-110-46-54-118-62-58-114-50-42-106-34-17-66(96)82-22-26-87-74(101)122-78(7,8)9)31-39-111-47-55-119-63-59-115-51-43-107-35-18-67(97)83-23-27-88-75(102)123-79(10,11)12/h14-63H2,1-13H3,(H,80,94)(H,81,95)(H,82,96)(H,83,97)(H,85,99)(H,86,100)(H,87,101)(H,88,102)(H,84,89,90,91). The molecular weight excluding hydrogens is 1620 g/mol. The van der Waals surface area contributed by atoms with Crippen LogP contribution in [-0.4, -0.2) is 395 Å². The van der Waals surface area contributed by atoms with E-state index < -0.39 is 52.7 Å². The number of nitrogens with zero attached hydrogens (tertiary/aromatic N) is 5. The first-order chi connectivity index (χ1) is 58.8. The molecule has 1 rings (SSSR count). The van der Waals surface area contributed by atoms with E-state index in [-0.39, 0.29) is 291 Å². The van der Waals surface area contributed by atoms with Crippen molar-refractivity contribution in [2.45, 2.75) is 138 Å². The van der Waals surface area contributed by atoms with Crippen molar-refractivity contribution < 1.29 is 143 Å². The highest BCUT2D eigenvalue weighted by atomic mass is 16.6. The van der Waals surface area contributed by atoms with Gasteiger partial charge in [-0.2, -0.15) is 15.0 Å². The van der Waals surface area contributed by atoms with E-state index in [1.54, 1.807) is 83.1 Å². The van der Waals surface area contributed by atoms with Crippen LogP contribution in [0.3, 0.4) is 0 Å². The van der Waals surface area contributed by atoms with Crippen LogP contribution in [0, 0.1) is 0 Å². The van der Waals surface area contributed by atoms with Crippen molar-refractivity contribution in [1.29, 1.82) is 0 Å². The Morgan fingerprint density at radius 3 is 0.626 bits per heavy atom. The number of aromatic nitrogens is 3. The van der Waals surface area contributed by atoms with E-state index in [0.717, 1.165) is 0 Å². The molecule has 123 heavy (non-hydrogen) atoms. The third-order valence-corrected chi connectivity index (χ3v) is 14.9. The van der Waals surface area contributed by atoms with E-state index in [1.165, 1.54) is 7.11 Å². The lowest BCUT2D eigenvalue weighted by Crippen LogP contribution is -2.38. The van der Waals surface area contributed by atoms with Crippen molar-refractivity contribution in [3.8, 4) is 0 Å². The Kier molecular flexibility index (Phi) is 67.6. The topological polar surface area (TPSA) is 501 Å². The summed E-state index contributed by atoms with van der Waals surface area (Å²) in [5.41, 5.74) is -2.49. The van der Waals surface area contributed by atoms with Gasteiger partial charge in [0.2, 0.25) is 41.5 Å². The van der Waals surface area contributed by atoms with Crippen molar-refractivity contribution in [3.05, 3.63) is 0 Å². The number of anilines is 3. The third kappa shape index (κ3) is 77.5. The molecule has 9 N–H and O–H groups in total. The van der Waals surface area contributed by atoms with Gasteiger partial charge in [-0.3, -0.25) is 24.0 Å². The quantitative estimate of drug-likeness (QED) is 0.0255. The van der Waals surface area contributed by atoms with Crippen LogP contribution in [-0.2, 0) is 123 Å². The van der Waals surface area contributed by atoms with Crippen molar-refractivity contribution in [2.75, 3.05) is 319 Å². The van der Waals surface area contributed by atoms with Gasteiger partial charge in [0.25, 0.3) is 0 Å². The summed E-state index contributed by atoms with van der Waals surface area (Å²) < 4.78 is 118. The minimum atomic E-state index is -0.623. The highest BCUT2D eigenvalue weighted by molar-refractivity contribution is 5.77. The fourth-order valence-corrected chi connectivity index (χ4v) is 9.20. The Bertz CT molecular complexity index is 2590. The monoisotopic (exact) mass is 1770 g/mol. The Morgan fingerprint density at radius 1 is 0.244 bits per heavy atom. The Morgan fingerprint density at radius 2 is 0.431 bits per heavy atom. The van der Waals surface area contributed by atoms with Crippen LogP contribution in [0.4, 0.5) is 37.0 Å². The second-order valence-corrected chi connectivity index (χ2v) is 30.4. The summed E-state index contributed by atoms with van der Waals surface area (Å²) in [6.07, 6.45) is -1.66. The molecule has 0 fully saturated rings. The molecule has 0 aliphatic rings. The highest BCUT2D eigenvalue weighted by Crippen LogP contribution is 2.18. The Balaban J connectivity index is 3.06. The highest BCUT2D eigenvalue weighted by Gasteiger charge is 2.23. The summed E-state index contributed by atoms with van der Waals surface area (Å²) in [6, 6.07) is 0. The van der Waals surface area contributed by atoms with E-state index in [2.05, 4.69) is 47.9 Å². The molecule has 44 nitrogen and oxygen atoms in total. The molecule has 1 aromatic heterocycles. The predicted octanol–water partition coefficient (Wildman–Crippen LogP) is 1.85. The Labute approximate surface area is 725 Å². The molecule has 0 unspecified atom stereocenters. The fraction of sp³-hybridized carbons (Fsp3) is 0.848. The number of alkyl carbamates (subject to hydrolysis) is 4. The zero-order valence-electron chi connectivity index (χ0n) is 75.3. The number of esters is 1. The number of carbonyl (C=O) groups excluding carboxylic acids is 9. The van der Waals surface area contributed by atoms with Gasteiger partial charge in [0, 0.05) is 111 Å². The fourth-order valence-electron chi connectivity index (χ4n) is 9.20. The van der Waals surface area contributed by atoms with Gasteiger partial charge in [-0.25, -0.2) is 19.2 Å². The maximum Gasteiger partial charge on any atom is 0.407 e. The zero-order valence-corrected chi connectivity index (χ0v) is 75.3. The molecule has 0 radical (unpaired) electrons. The van der Waals surface area contributed by atoms with Crippen LogP contribution in [0.25, 0.3) is 0 Å². The maximum atomic E-state index is 12.3. The lowest BCUT2D eigenvalue weighted by molar-refractivity contribution is -0.140. The number of carbonyl (C=O) groups is 9. The van der Waals surface area contributed by atoms with Crippen molar-refractivity contribution in [1.82, 2.24) is 57.5 Å². The molecule has 1 aromatic rings. The first-order valence-corrected chi connectivity index (χ1v) is 42.1. The minimum Gasteiger partial charge on any atom is -0.469 e. The van der Waals surface area contributed by atoms with E-state index in [9.17, 15) is 43.2 Å². The predicted molar refractivity (Wildman–Crippen MR) is 450 cm³/mol. The number of rotatable bonds is 78. The molecule has 0 saturated heterocycles. The molecule has 44 heteroatoms. The van der Waals surface area contributed by atoms with Gasteiger partial charge in [0.15, 0.2) is 0 Å². The van der Waals surface area contributed by atoms with Gasteiger partial charge in [0.1, 0.15) is 22.4 Å². The molecule has 0 saturated carbocycles. The first-order valence-electron chi connectivity index (χ1n) is 42.1. The van der Waals surface area contributed by atoms with Gasteiger partial charge >= 0.3 is 30.3 Å². The summed E-state index contributed by atoms with van der Waals surface area (Å²) in [7, 11) is 1.30. The summed E-state index contributed by atoms with van der Waals surface area (Å²) in [5, 5.41) is 24.4. The average Bonchev–Trinajstić information content (AvgIpc) is 0.825. The van der Waals surface area contributed by atoms with Crippen LogP contribution in [0.15, 0.2) is 0 Å². The number of amides is 8. The van der Waals surface area contributed by atoms with Crippen LogP contribution in [0.5, 0.6) is 0 Å². The van der Waals surface area contributed by atoms with Crippen molar-refractivity contribution >= 4 is 71.8 Å². The van der Waals surface area contributed by atoms with Gasteiger partial charge in [0.05, 0.1) is 225 Å². The maximum absolute atomic E-state index is 12.3. The summed E-state index contributed by atoms with van der Waals surface area (Å²) in [4.78, 5) is 127. The molecule has 0 aliphatic carbocycles. The average molecular weight is 1770 g/mol. The lowest BCUT2D eigenvalue weighted by atomic mass is 10.2. The van der Waals surface area contributed by atoms with E-state index >= 15 is 0 Å². The van der Waals surface area contributed by atoms with Gasteiger partial charge in [-0.1, -0.05) is 0 Å². The Hall–Kier alpha value is -7.80. The second kappa shape index (κ2) is 73.4. The summed E-state index contributed by atoms with van der Waals surface area (Å²) in [5.74, 6) is -0.634. The van der Waals surface area contributed by atoms with Gasteiger partial charge in [-0.05, 0) is 83.1 Å². The molecule has 0 spiro atoms. The number of ether oxygens (including phenoxy) is 21. The normalized spacial score (nSPS) is 11.6. The molecule has 0 aromatic carbocycles. The largest absolute Gasteiger partial charge is 0.469 e. The third-order valence-electron chi connectivity index (χ3n) is 14.9. The second-order valence-electron chi connectivity index (χ2n) is 30.4. The van der Waals surface area contributed by atoms with Crippen LogP contribution in [0.2, 0.25) is 0 Å². The summed E-state index contributed by atoms with van der Waals surface area (Å²) in [6.45, 7) is 32.6. The molecule has 8 amide bonds. The number of hydrogen-bond donors (Lipinski definition) is 9. The minimum absolute atomic E-state index is 0.0101. The number of nitrogens with one attached hydrogen (secondary N) is 9. The number of methoxy groups -OCH3 is 1. The lowest BCUT2D eigenvalue weighted by Gasteiger charge is -2.27. The SMILES string of the molecule is COC(=O)CCNc1nc(N(CCOCCOCCOCCOCCC(=O)NCCNC(=O)OC(C)(C)C)CCOCCOCCOCCOCCC(=O)NCCNC(=O)OC(C)(C)C)nc(N(CCOCCOCCOCCOCCC(=O)NCCNC(=O)OC(C)(C)C)CCOCCOCCOCCOCCC(=O)NCCNC(=O)OC(C)(C)C)n1. The first kappa shape index (κ1) is 113. The zero-order chi connectivity index (χ0) is 90.8. The summed E-state index contributed by atoms with van der Waals surface area (Å²) >= 11 is 0. The van der Waals surface area contributed by atoms with E-state index in [4.69, 9.17) is 114 Å². The number of hydrogen-bond acceptors (Lipinski definition) is 36. The van der Waals surface area contributed by atoms with Crippen molar-refractivity contribution in [3.63, 3.8) is 0 Å². The van der Waals surface area contributed by atoms with E-state index in [1.807, 2.05) is 9.80 Å². The molecule has 0 aliphatic heterocycles. The molecule has 1 heterocycles. The molecule has 0 atom stereocenters. The van der Waals surface area contributed by atoms with Gasteiger partial charge in [-0.15, -0.1) is 0 Å². The molecular formula is C79H148N14O30. The van der Waals surface area contributed by atoms with Crippen LogP contribution in [0.1, 0.15) is 115 Å². The van der Waals surface area contributed by atoms with Crippen LogP contribution >= 0.6 is 0 Å².